The molecule has 19 heavy (non-hydrogen) atoms. The molecule has 0 aromatic heterocycles. The van der Waals surface area contributed by atoms with E-state index in [0.717, 1.165) is 11.3 Å². The molecule has 1 fully saturated rings. The first kappa shape index (κ1) is 14.3. The first-order valence-electron chi connectivity index (χ1n) is 6.90. The SMILES string of the molecule is Cc1cc(F)ccc1NC(=S)N[C@H]1CCCC[C@H]1C. The van der Waals surface area contributed by atoms with Crippen LogP contribution in [0.15, 0.2) is 18.2 Å². The Morgan fingerprint density at radius 2 is 2.05 bits per heavy atom. The molecule has 1 aliphatic carbocycles. The molecule has 1 aliphatic rings. The number of anilines is 1. The van der Waals surface area contributed by atoms with Gasteiger partial charge in [0.25, 0.3) is 0 Å². The number of thiocarbonyl (C=S) groups is 1. The molecule has 104 valence electrons. The van der Waals surface area contributed by atoms with E-state index in [1.807, 2.05) is 6.92 Å². The molecular weight excluding hydrogens is 259 g/mol. The van der Waals surface area contributed by atoms with Crippen molar-refractivity contribution >= 4 is 23.0 Å². The van der Waals surface area contributed by atoms with Crippen molar-refractivity contribution in [2.75, 3.05) is 5.32 Å². The maximum atomic E-state index is 13.0. The van der Waals surface area contributed by atoms with Crippen LogP contribution in [0.4, 0.5) is 10.1 Å². The van der Waals surface area contributed by atoms with E-state index in [1.54, 1.807) is 6.07 Å². The number of hydrogen-bond donors (Lipinski definition) is 2. The van der Waals surface area contributed by atoms with Crippen LogP contribution in [0.5, 0.6) is 0 Å². The van der Waals surface area contributed by atoms with Gasteiger partial charge in [-0.25, -0.2) is 4.39 Å². The topological polar surface area (TPSA) is 24.1 Å². The first-order valence-corrected chi connectivity index (χ1v) is 7.31. The van der Waals surface area contributed by atoms with E-state index >= 15 is 0 Å². The van der Waals surface area contributed by atoms with Gasteiger partial charge < -0.3 is 10.6 Å². The van der Waals surface area contributed by atoms with Gasteiger partial charge >= 0.3 is 0 Å². The smallest absolute Gasteiger partial charge is 0.171 e. The van der Waals surface area contributed by atoms with Gasteiger partial charge in [0.15, 0.2) is 5.11 Å². The zero-order valence-corrected chi connectivity index (χ0v) is 12.3. The van der Waals surface area contributed by atoms with E-state index in [9.17, 15) is 4.39 Å². The molecule has 0 unspecified atom stereocenters. The molecule has 2 N–H and O–H groups in total. The Balaban J connectivity index is 1.93. The largest absolute Gasteiger partial charge is 0.359 e. The zero-order valence-electron chi connectivity index (χ0n) is 11.5. The van der Waals surface area contributed by atoms with Crippen LogP contribution < -0.4 is 10.6 Å². The fourth-order valence-corrected chi connectivity index (χ4v) is 2.89. The molecule has 0 aliphatic heterocycles. The fraction of sp³-hybridized carbons (Fsp3) is 0.533. The third-order valence-corrected chi connectivity index (χ3v) is 4.08. The molecule has 0 spiro atoms. The average Bonchev–Trinajstić information content (AvgIpc) is 2.36. The molecule has 0 bridgehead atoms. The second-order valence-corrected chi connectivity index (χ2v) is 5.83. The minimum atomic E-state index is -0.220. The van der Waals surface area contributed by atoms with Crippen LogP contribution in [0, 0.1) is 18.7 Å². The lowest BCUT2D eigenvalue weighted by molar-refractivity contribution is 0.309. The van der Waals surface area contributed by atoms with Gasteiger partial charge in [0, 0.05) is 11.7 Å². The van der Waals surface area contributed by atoms with Crippen molar-refractivity contribution in [1.29, 1.82) is 0 Å². The highest BCUT2D eigenvalue weighted by molar-refractivity contribution is 7.80. The summed E-state index contributed by atoms with van der Waals surface area (Å²) in [5, 5.41) is 7.18. The normalized spacial score (nSPS) is 22.9. The predicted molar refractivity (Wildman–Crippen MR) is 81.9 cm³/mol. The van der Waals surface area contributed by atoms with Crippen molar-refractivity contribution in [2.45, 2.75) is 45.6 Å². The van der Waals surface area contributed by atoms with E-state index in [2.05, 4.69) is 17.6 Å². The summed E-state index contributed by atoms with van der Waals surface area (Å²) in [7, 11) is 0. The van der Waals surface area contributed by atoms with E-state index in [1.165, 1.54) is 37.8 Å². The van der Waals surface area contributed by atoms with Gasteiger partial charge in [-0.05, 0) is 61.7 Å². The van der Waals surface area contributed by atoms with Crippen molar-refractivity contribution in [3.8, 4) is 0 Å². The predicted octanol–water partition coefficient (Wildman–Crippen LogP) is 4.00. The molecule has 0 amide bonds. The fourth-order valence-electron chi connectivity index (χ4n) is 2.62. The molecule has 0 radical (unpaired) electrons. The Morgan fingerprint density at radius 1 is 1.32 bits per heavy atom. The summed E-state index contributed by atoms with van der Waals surface area (Å²) in [6.07, 6.45) is 5.01. The zero-order chi connectivity index (χ0) is 13.8. The van der Waals surface area contributed by atoms with Crippen LogP contribution in [0.3, 0.4) is 0 Å². The average molecular weight is 280 g/mol. The molecule has 2 nitrogen and oxygen atoms in total. The minimum absolute atomic E-state index is 0.220. The van der Waals surface area contributed by atoms with Gasteiger partial charge in [0.1, 0.15) is 5.82 Å². The highest BCUT2D eigenvalue weighted by Gasteiger charge is 2.21. The lowest BCUT2D eigenvalue weighted by Crippen LogP contribution is -2.43. The lowest BCUT2D eigenvalue weighted by atomic mass is 9.86. The molecule has 1 aromatic rings. The van der Waals surface area contributed by atoms with Crippen LogP contribution in [-0.4, -0.2) is 11.2 Å². The number of hydrogen-bond acceptors (Lipinski definition) is 1. The Morgan fingerprint density at radius 3 is 2.74 bits per heavy atom. The van der Waals surface area contributed by atoms with Crippen LogP contribution in [-0.2, 0) is 0 Å². The molecular formula is C15H21FN2S. The first-order chi connectivity index (χ1) is 9.06. The minimum Gasteiger partial charge on any atom is -0.359 e. The Bertz CT molecular complexity index is 461. The van der Waals surface area contributed by atoms with E-state index < -0.39 is 0 Å². The second kappa shape index (κ2) is 6.33. The molecule has 2 atom stereocenters. The monoisotopic (exact) mass is 280 g/mol. The summed E-state index contributed by atoms with van der Waals surface area (Å²) in [4.78, 5) is 0. The van der Waals surface area contributed by atoms with Crippen molar-refractivity contribution in [3.05, 3.63) is 29.6 Å². The standard InChI is InChI=1S/C15H21FN2S/c1-10-5-3-4-6-13(10)17-15(19)18-14-8-7-12(16)9-11(14)2/h7-10,13H,3-6H2,1-2H3,(H2,17,18,19)/t10-,13+/m1/s1. The van der Waals surface area contributed by atoms with E-state index in [0.29, 0.717) is 17.1 Å². The Hall–Kier alpha value is -1.16. The van der Waals surface area contributed by atoms with Gasteiger partial charge in [-0.2, -0.15) is 0 Å². The summed E-state index contributed by atoms with van der Waals surface area (Å²) in [5.74, 6) is 0.436. The summed E-state index contributed by atoms with van der Waals surface area (Å²) < 4.78 is 13.0. The third kappa shape index (κ3) is 3.90. The molecule has 0 heterocycles. The maximum absolute atomic E-state index is 13.0. The van der Waals surface area contributed by atoms with Gasteiger partial charge in [-0.3, -0.25) is 0 Å². The van der Waals surface area contributed by atoms with Crippen molar-refractivity contribution in [2.24, 2.45) is 5.92 Å². The van der Waals surface area contributed by atoms with Crippen molar-refractivity contribution in [3.63, 3.8) is 0 Å². The van der Waals surface area contributed by atoms with Crippen LogP contribution in [0.2, 0.25) is 0 Å². The summed E-state index contributed by atoms with van der Waals surface area (Å²) >= 11 is 5.35. The summed E-state index contributed by atoms with van der Waals surface area (Å²) in [6, 6.07) is 5.13. The summed E-state index contributed by atoms with van der Waals surface area (Å²) in [6.45, 7) is 4.14. The van der Waals surface area contributed by atoms with Gasteiger partial charge in [0.2, 0.25) is 0 Å². The molecule has 1 aromatic carbocycles. The third-order valence-electron chi connectivity index (χ3n) is 3.86. The number of aryl methyl sites for hydroxylation is 1. The maximum Gasteiger partial charge on any atom is 0.171 e. The van der Waals surface area contributed by atoms with Crippen molar-refractivity contribution < 1.29 is 4.39 Å². The quantitative estimate of drug-likeness (QED) is 0.801. The number of benzene rings is 1. The second-order valence-electron chi connectivity index (χ2n) is 5.43. The molecule has 1 saturated carbocycles. The van der Waals surface area contributed by atoms with E-state index in [-0.39, 0.29) is 5.82 Å². The molecule has 2 rings (SSSR count). The number of halogens is 1. The lowest BCUT2D eigenvalue weighted by Gasteiger charge is -2.30. The van der Waals surface area contributed by atoms with E-state index in [4.69, 9.17) is 12.2 Å². The van der Waals surface area contributed by atoms with Gasteiger partial charge in [0.05, 0.1) is 0 Å². The van der Waals surface area contributed by atoms with Crippen LogP contribution in [0.25, 0.3) is 0 Å². The molecule has 4 heteroatoms. The molecule has 0 saturated heterocycles. The Labute approximate surface area is 119 Å². The van der Waals surface area contributed by atoms with Crippen molar-refractivity contribution in [1.82, 2.24) is 5.32 Å². The number of rotatable bonds is 2. The summed E-state index contributed by atoms with van der Waals surface area (Å²) in [5.41, 5.74) is 1.73. The van der Waals surface area contributed by atoms with Gasteiger partial charge in [-0.1, -0.05) is 19.8 Å². The number of nitrogens with one attached hydrogen (secondary N) is 2. The Kier molecular flexibility index (Phi) is 4.75. The highest BCUT2D eigenvalue weighted by atomic mass is 32.1. The highest BCUT2D eigenvalue weighted by Crippen LogP contribution is 2.24. The van der Waals surface area contributed by atoms with Crippen LogP contribution in [0.1, 0.15) is 38.2 Å². The van der Waals surface area contributed by atoms with Gasteiger partial charge in [-0.15, -0.1) is 0 Å². The van der Waals surface area contributed by atoms with Crippen LogP contribution >= 0.6 is 12.2 Å².